The molecular weight excluding hydrogens is 246 g/mol. The summed E-state index contributed by atoms with van der Waals surface area (Å²) in [7, 11) is 0. The summed E-state index contributed by atoms with van der Waals surface area (Å²) in [6.07, 6.45) is 2.96. The first-order chi connectivity index (χ1) is 9.88. The number of piperazine rings is 1. The third-order valence-corrected chi connectivity index (χ3v) is 3.92. The van der Waals surface area contributed by atoms with Gasteiger partial charge in [0.25, 0.3) is 0 Å². The van der Waals surface area contributed by atoms with Gasteiger partial charge in [0, 0.05) is 31.5 Å². The zero-order valence-corrected chi connectivity index (χ0v) is 11.9. The molecule has 0 saturated carbocycles. The van der Waals surface area contributed by atoms with Gasteiger partial charge in [0.2, 0.25) is 0 Å². The van der Waals surface area contributed by atoms with E-state index in [1.807, 2.05) is 12.3 Å². The molecule has 3 rings (SSSR count). The van der Waals surface area contributed by atoms with E-state index in [0.717, 1.165) is 31.7 Å². The first-order valence-electron chi connectivity index (χ1n) is 7.35. The van der Waals surface area contributed by atoms with Crippen LogP contribution in [0.15, 0.2) is 48.7 Å². The number of aryl methyl sites for hydroxylation is 1. The van der Waals surface area contributed by atoms with Gasteiger partial charge < -0.3 is 10.2 Å². The molecule has 1 aliphatic heterocycles. The number of benzene rings is 1. The Bertz CT molecular complexity index is 553. The van der Waals surface area contributed by atoms with Gasteiger partial charge in [-0.3, -0.25) is 4.98 Å². The molecule has 0 spiro atoms. The molecule has 0 aliphatic carbocycles. The molecule has 3 heteroatoms. The summed E-state index contributed by atoms with van der Waals surface area (Å²) >= 11 is 0. The van der Waals surface area contributed by atoms with Crippen LogP contribution < -0.4 is 10.2 Å². The number of nitrogens with zero attached hydrogens (tertiary/aromatic N) is 2. The lowest BCUT2D eigenvalue weighted by atomic mass is 10.1. The molecule has 1 fully saturated rings. The number of hydrogen-bond acceptors (Lipinski definition) is 3. The summed E-state index contributed by atoms with van der Waals surface area (Å²) in [5.74, 6) is 0. The highest BCUT2D eigenvalue weighted by atomic mass is 15.2. The monoisotopic (exact) mass is 267 g/mol. The van der Waals surface area contributed by atoms with Gasteiger partial charge >= 0.3 is 0 Å². The molecular formula is C17H21N3. The van der Waals surface area contributed by atoms with Gasteiger partial charge in [-0.05, 0) is 36.2 Å². The summed E-state index contributed by atoms with van der Waals surface area (Å²) in [5, 5.41) is 3.48. The number of aromatic nitrogens is 1. The zero-order valence-electron chi connectivity index (χ0n) is 11.9. The molecule has 0 bridgehead atoms. The molecule has 1 N–H and O–H groups in total. The van der Waals surface area contributed by atoms with Gasteiger partial charge in [-0.15, -0.1) is 0 Å². The van der Waals surface area contributed by atoms with E-state index in [-0.39, 0.29) is 0 Å². The van der Waals surface area contributed by atoms with E-state index >= 15 is 0 Å². The van der Waals surface area contributed by atoms with E-state index in [0.29, 0.717) is 6.04 Å². The van der Waals surface area contributed by atoms with Crippen molar-refractivity contribution < 1.29 is 0 Å². The van der Waals surface area contributed by atoms with Crippen molar-refractivity contribution in [3.63, 3.8) is 0 Å². The summed E-state index contributed by atoms with van der Waals surface area (Å²) in [6.45, 7) is 5.20. The minimum absolute atomic E-state index is 0.317. The van der Waals surface area contributed by atoms with E-state index in [9.17, 15) is 0 Å². The number of nitrogens with one attached hydrogen (secondary N) is 1. The predicted molar refractivity (Wildman–Crippen MR) is 83.0 cm³/mol. The Labute approximate surface area is 120 Å². The van der Waals surface area contributed by atoms with Crippen molar-refractivity contribution in [3.05, 3.63) is 59.9 Å². The molecule has 1 unspecified atom stereocenters. The quantitative estimate of drug-likeness (QED) is 0.927. The highest BCUT2D eigenvalue weighted by Gasteiger charge is 2.24. The Hall–Kier alpha value is -1.87. The van der Waals surface area contributed by atoms with Crippen LogP contribution in [0.3, 0.4) is 0 Å². The number of hydrogen-bond donors (Lipinski definition) is 1. The first kappa shape index (κ1) is 13.1. The second-order valence-electron chi connectivity index (χ2n) is 5.19. The molecule has 104 valence electrons. The van der Waals surface area contributed by atoms with Gasteiger partial charge in [0.05, 0.1) is 11.7 Å². The molecule has 3 nitrogen and oxygen atoms in total. The standard InChI is InChI=1S/C17H21N3/c1-2-14-6-5-7-15(12-14)20-11-10-18-13-17(20)16-8-3-4-9-19-16/h3-9,12,17-18H,2,10-11,13H2,1H3. The van der Waals surface area contributed by atoms with Crippen LogP contribution in [0.4, 0.5) is 5.69 Å². The fourth-order valence-corrected chi connectivity index (χ4v) is 2.81. The van der Waals surface area contributed by atoms with Crippen molar-refractivity contribution in [1.29, 1.82) is 0 Å². The van der Waals surface area contributed by atoms with Crippen LogP contribution in [0.25, 0.3) is 0 Å². The predicted octanol–water partition coefficient (Wildman–Crippen LogP) is 2.79. The number of pyridine rings is 1. The molecule has 2 heterocycles. The van der Waals surface area contributed by atoms with Gasteiger partial charge in [0.1, 0.15) is 0 Å². The Morgan fingerprint density at radius 3 is 3.00 bits per heavy atom. The van der Waals surface area contributed by atoms with Gasteiger partial charge in [-0.1, -0.05) is 25.1 Å². The minimum atomic E-state index is 0.317. The van der Waals surface area contributed by atoms with Gasteiger partial charge in [0.15, 0.2) is 0 Å². The molecule has 1 aliphatic rings. The molecule has 2 aromatic rings. The van der Waals surface area contributed by atoms with Crippen LogP contribution in [-0.2, 0) is 6.42 Å². The van der Waals surface area contributed by atoms with Crippen LogP contribution in [0.5, 0.6) is 0 Å². The highest BCUT2D eigenvalue weighted by molar-refractivity contribution is 5.51. The molecule has 0 amide bonds. The second-order valence-corrected chi connectivity index (χ2v) is 5.19. The Morgan fingerprint density at radius 1 is 1.25 bits per heavy atom. The zero-order chi connectivity index (χ0) is 13.8. The molecule has 1 atom stereocenters. The van der Waals surface area contributed by atoms with Crippen LogP contribution in [-0.4, -0.2) is 24.6 Å². The average molecular weight is 267 g/mol. The molecule has 1 saturated heterocycles. The van der Waals surface area contributed by atoms with Crippen LogP contribution in [0.1, 0.15) is 24.2 Å². The van der Waals surface area contributed by atoms with E-state index in [4.69, 9.17) is 0 Å². The number of anilines is 1. The Balaban J connectivity index is 1.92. The summed E-state index contributed by atoms with van der Waals surface area (Å²) in [4.78, 5) is 7.01. The fourth-order valence-electron chi connectivity index (χ4n) is 2.81. The second kappa shape index (κ2) is 6.06. The minimum Gasteiger partial charge on any atom is -0.360 e. The van der Waals surface area contributed by atoms with Crippen molar-refractivity contribution in [3.8, 4) is 0 Å². The third kappa shape index (κ3) is 2.68. The molecule has 0 radical (unpaired) electrons. The van der Waals surface area contributed by atoms with E-state index < -0.39 is 0 Å². The molecule has 1 aromatic heterocycles. The summed E-state index contributed by atoms with van der Waals surface area (Å²) in [6, 6.07) is 15.3. The van der Waals surface area contributed by atoms with Gasteiger partial charge in [-0.25, -0.2) is 0 Å². The smallest absolute Gasteiger partial charge is 0.0838 e. The molecule has 20 heavy (non-hydrogen) atoms. The SMILES string of the molecule is CCc1cccc(N2CCNCC2c2ccccn2)c1. The lowest BCUT2D eigenvalue weighted by molar-refractivity contribution is 0.482. The first-order valence-corrected chi connectivity index (χ1v) is 7.35. The van der Waals surface area contributed by atoms with Crippen LogP contribution in [0, 0.1) is 0 Å². The maximum atomic E-state index is 4.54. The fraction of sp³-hybridized carbons (Fsp3) is 0.353. The van der Waals surface area contributed by atoms with E-state index in [2.05, 4.69) is 58.5 Å². The maximum absolute atomic E-state index is 4.54. The normalized spacial score (nSPS) is 19.1. The largest absolute Gasteiger partial charge is 0.360 e. The lowest BCUT2D eigenvalue weighted by Gasteiger charge is -2.37. The van der Waals surface area contributed by atoms with Crippen LogP contribution >= 0.6 is 0 Å². The number of rotatable bonds is 3. The van der Waals surface area contributed by atoms with Crippen molar-refractivity contribution in [2.24, 2.45) is 0 Å². The maximum Gasteiger partial charge on any atom is 0.0838 e. The Kier molecular flexibility index (Phi) is 3.97. The van der Waals surface area contributed by atoms with Crippen molar-refractivity contribution in [1.82, 2.24) is 10.3 Å². The topological polar surface area (TPSA) is 28.2 Å². The third-order valence-electron chi connectivity index (χ3n) is 3.92. The van der Waals surface area contributed by atoms with Crippen molar-refractivity contribution in [2.75, 3.05) is 24.5 Å². The van der Waals surface area contributed by atoms with Gasteiger partial charge in [-0.2, -0.15) is 0 Å². The van der Waals surface area contributed by atoms with E-state index in [1.165, 1.54) is 11.3 Å². The Morgan fingerprint density at radius 2 is 2.20 bits per heavy atom. The molecule has 1 aromatic carbocycles. The summed E-state index contributed by atoms with van der Waals surface area (Å²) in [5.41, 5.74) is 3.84. The van der Waals surface area contributed by atoms with Crippen molar-refractivity contribution >= 4 is 5.69 Å². The highest BCUT2D eigenvalue weighted by Crippen LogP contribution is 2.27. The summed E-state index contributed by atoms with van der Waals surface area (Å²) < 4.78 is 0. The lowest BCUT2D eigenvalue weighted by Crippen LogP contribution is -2.46. The van der Waals surface area contributed by atoms with Crippen LogP contribution in [0.2, 0.25) is 0 Å². The van der Waals surface area contributed by atoms with E-state index in [1.54, 1.807) is 0 Å². The van der Waals surface area contributed by atoms with Crippen molar-refractivity contribution in [2.45, 2.75) is 19.4 Å². The average Bonchev–Trinajstić information content (AvgIpc) is 2.56.